The summed E-state index contributed by atoms with van der Waals surface area (Å²) in [6.45, 7) is 0. The van der Waals surface area contributed by atoms with Crippen molar-refractivity contribution in [3.05, 3.63) is 23.9 Å². The average Bonchev–Trinajstić information content (AvgIpc) is 2.65. The van der Waals surface area contributed by atoms with Gasteiger partial charge in [-0.2, -0.15) is 5.10 Å². The van der Waals surface area contributed by atoms with Crippen LogP contribution in [-0.2, 0) is 11.8 Å². The van der Waals surface area contributed by atoms with Crippen LogP contribution in [0, 0.1) is 0 Å². The molecule has 88 valence electrons. The number of carbonyl (C=O) groups excluding carboxylic acids is 1. The number of fused-ring (bicyclic) bond motifs is 1. The van der Waals surface area contributed by atoms with Crippen LogP contribution in [-0.4, -0.2) is 40.0 Å². The second-order valence-corrected chi connectivity index (χ2v) is 3.67. The van der Waals surface area contributed by atoms with E-state index in [1.165, 1.54) is 19.2 Å². The third-order valence-electron chi connectivity index (χ3n) is 2.47. The maximum atomic E-state index is 11.5. The summed E-state index contributed by atoms with van der Waals surface area (Å²) >= 11 is 0. The molecule has 0 spiro atoms. The number of rotatable bonds is 2. The average molecular weight is 234 g/mol. The van der Waals surface area contributed by atoms with Crippen LogP contribution in [0.2, 0.25) is 0 Å². The van der Waals surface area contributed by atoms with Gasteiger partial charge in [-0.15, -0.1) is 0 Å². The topological polar surface area (TPSA) is 84.6 Å². The predicted octanol–water partition coefficient (Wildman–Crippen LogP) is -0.960. The minimum absolute atomic E-state index is 0.105. The van der Waals surface area contributed by atoms with Crippen LogP contribution in [0.3, 0.4) is 0 Å². The van der Waals surface area contributed by atoms with E-state index in [9.17, 15) is 14.8 Å². The number of hydrogen-bond donors (Lipinski definition) is 2. The van der Waals surface area contributed by atoms with Crippen molar-refractivity contribution in [3.8, 4) is 0 Å². The minimum Gasteiger partial charge on any atom is -0.465 e. The highest BCUT2D eigenvalue weighted by Gasteiger charge is 2.22. The number of methoxy groups -OCH3 is 1. The van der Waals surface area contributed by atoms with E-state index in [1.54, 1.807) is 17.9 Å². The van der Waals surface area contributed by atoms with E-state index in [0.717, 1.165) is 5.39 Å². The molecule has 0 aliphatic carbocycles. The van der Waals surface area contributed by atoms with E-state index in [1.807, 2.05) is 0 Å². The van der Waals surface area contributed by atoms with Crippen molar-refractivity contribution >= 4 is 29.5 Å². The van der Waals surface area contributed by atoms with Gasteiger partial charge in [0.2, 0.25) is 0 Å². The number of esters is 1. The lowest BCUT2D eigenvalue weighted by molar-refractivity contribution is 0.0602. The third-order valence-corrected chi connectivity index (χ3v) is 2.47. The third kappa shape index (κ3) is 2.02. The first-order chi connectivity index (χ1) is 8.02. The summed E-state index contributed by atoms with van der Waals surface area (Å²) in [5.74, 6) is -0.624. The van der Waals surface area contributed by atoms with Crippen LogP contribution in [0.1, 0.15) is 10.4 Å². The van der Waals surface area contributed by atoms with Gasteiger partial charge in [-0.05, 0) is 11.5 Å². The molecule has 0 fully saturated rings. The standard InChI is InChI=1S/C10H11BN2O4/c1-13-5-6-3-8(11(15)16)7(10(14)17-2)4-9(6)12-13/h3-5,15-16H,1-2H3. The Morgan fingerprint density at radius 2 is 2.18 bits per heavy atom. The Hall–Kier alpha value is -1.86. The second kappa shape index (κ2) is 4.19. The van der Waals surface area contributed by atoms with E-state index in [-0.39, 0.29) is 11.0 Å². The molecule has 1 aromatic carbocycles. The number of carbonyl (C=O) groups is 1. The van der Waals surface area contributed by atoms with Crippen LogP contribution in [0.15, 0.2) is 18.3 Å². The van der Waals surface area contributed by atoms with Gasteiger partial charge >= 0.3 is 13.1 Å². The van der Waals surface area contributed by atoms with Gasteiger partial charge in [0.25, 0.3) is 0 Å². The highest BCUT2D eigenvalue weighted by atomic mass is 16.5. The quantitative estimate of drug-likeness (QED) is 0.516. The monoisotopic (exact) mass is 234 g/mol. The Bertz CT molecular complexity index is 579. The van der Waals surface area contributed by atoms with E-state index in [0.29, 0.717) is 5.52 Å². The maximum absolute atomic E-state index is 11.5. The molecule has 0 aliphatic rings. The molecule has 2 rings (SSSR count). The van der Waals surface area contributed by atoms with Crippen molar-refractivity contribution in [2.45, 2.75) is 0 Å². The zero-order chi connectivity index (χ0) is 12.6. The number of benzene rings is 1. The zero-order valence-corrected chi connectivity index (χ0v) is 9.41. The number of hydrogen-bond acceptors (Lipinski definition) is 5. The molecule has 1 aromatic heterocycles. The van der Waals surface area contributed by atoms with Crippen LogP contribution in [0.5, 0.6) is 0 Å². The molecule has 7 heteroatoms. The van der Waals surface area contributed by atoms with Gasteiger partial charge in [0, 0.05) is 18.6 Å². The highest BCUT2D eigenvalue weighted by molar-refractivity contribution is 6.60. The van der Waals surface area contributed by atoms with Gasteiger partial charge in [-0.3, -0.25) is 4.68 Å². The van der Waals surface area contributed by atoms with Crippen LogP contribution >= 0.6 is 0 Å². The van der Waals surface area contributed by atoms with E-state index in [2.05, 4.69) is 9.84 Å². The fourth-order valence-electron chi connectivity index (χ4n) is 1.71. The summed E-state index contributed by atoms with van der Waals surface area (Å²) in [5.41, 5.74) is 0.809. The van der Waals surface area contributed by atoms with E-state index in [4.69, 9.17) is 0 Å². The molecule has 6 nitrogen and oxygen atoms in total. The molecule has 0 saturated heterocycles. The first kappa shape index (κ1) is 11.6. The Morgan fingerprint density at radius 1 is 1.47 bits per heavy atom. The van der Waals surface area contributed by atoms with E-state index < -0.39 is 13.1 Å². The molecular weight excluding hydrogens is 223 g/mol. The maximum Gasteiger partial charge on any atom is 0.489 e. The Morgan fingerprint density at radius 3 is 2.76 bits per heavy atom. The molecule has 0 bridgehead atoms. The van der Waals surface area contributed by atoms with Crippen LogP contribution < -0.4 is 5.46 Å². The smallest absolute Gasteiger partial charge is 0.465 e. The molecule has 2 aromatic rings. The Balaban J connectivity index is 2.69. The number of ether oxygens (including phenoxy) is 1. The van der Waals surface area contributed by atoms with E-state index >= 15 is 0 Å². The first-order valence-corrected chi connectivity index (χ1v) is 4.94. The van der Waals surface area contributed by atoms with Gasteiger partial charge in [0.05, 0.1) is 18.2 Å². The van der Waals surface area contributed by atoms with Gasteiger partial charge in [-0.1, -0.05) is 6.07 Å². The zero-order valence-electron chi connectivity index (χ0n) is 9.41. The molecule has 17 heavy (non-hydrogen) atoms. The normalized spacial score (nSPS) is 10.6. The summed E-state index contributed by atoms with van der Waals surface area (Å²) in [5, 5.41) is 23.3. The van der Waals surface area contributed by atoms with Crippen molar-refractivity contribution in [1.82, 2.24) is 9.78 Å². The predicted molar refractivity (Wildman–Crippen MR) is 61.9 cm³/mol. The van der Waals surface area contributed by atoms with Crippen LogP contribution in [0.4, 0.5) is 0 Å². The Labute approximate surface area is 97.6 Å². The molecular formula is C10H11BN2O4. The number of nitrogens with zero attached hydrogens (tertiary/aromatic N) is 2. The van der Waals surface area contributed by atoms with Crippen molar-refractivity contribution in [3.63, 3.8) is 0 Å². The first-order valence-electron chi connectivity index (χ1n) is 4.94. The summed E-state index contributed by atoms with van der Waals surface area (Å²) in [6.07, 6.45) is 1.72. The molecule has 2 N–H and O–H groups in total. The summed E-state index contributed by atoms with van der Waals surface area (Å²) in [6, 6.07) is 3.00. The van der Waals surface area contributed by atoms with Gasteiger partial charge in [0.1, 0.15) is 0 Å². The van der Waals surface area contributed by atoms with Crippen molar-refractivity contribution in [1.29, 1.82) is 0 Å². The Kier molecular flexibility index (Phi) is 2.87. The molecule has 1 heterocycles. The molecule has 0 aliphatic heterocycles. The fraction of sp³-hybridized carbons (Fsp3) is 0.200. The SMILES string of the molecule is COC(=O)c1cc2nn(C)cc2cc1B(O)O. The molecule has 0 atom stereocenters. The summed E-state index contributed by atoms with van der Waals surface area (Å²) < 4.78 is 6.17. The second-order valence-electron chi connectivity index (χ2n) is 3.67. The molecule has 0 saturated carbocycles. The molecule has 0 unspecified atom stereocenters. The van der Waals surface area contributed by atoms with Gasteiger partial charge in [-0.25, -0.2) is 4.79 Å². The number of aromatic nitrogens is 2. The minimum atomic E-state index is -1.73. The highest BCUT2D eigenvalue weighted by Crippen LogP contribution is 2.13. The summed E-state index contributed by atoms with van der Waals surface area (Å²) in [7, 11) is 1.25. The lowest BCUT2D eigenvalue weighted by Gasteiger charge is -2.06. The number of aryl methyl sites for hydroxylation is 1. The lowest BCUT2D eigenvalue weighted by atomic mass is 9.76. The van der Waals surface area contributed by atoms with Gasteiger partial charge in [0.15, 0.2) is 0 Å². The molecule has 0 amide bonds. The fourth-order valence-corrected chi connectivity index (χ4v) is 1.71. The lowest BCUT2D eigenvalue weighted by Crippen LogP contribution is -2.35. The van der Waals surface area contributed by atoms with Gasteiger partial charge < -0.3 is 14.8 Å². The van der Waals surface area contributed by atoms with Crippen molar-refractivity contribution < 1.29 is 19.6 Å². The van der Waals surface area contributed by atoms with Crippen LogP contribution in [0.25, 0.3) is 10.9 Å². The van der Waals surface area contributed by atoms with Crippen molar-refractivity contribution in [2.75, 3.05) is 7.11 Å². The summed E-state index contributed by atoms with van der Waals surface area (Å²) in [4.78, 5) is 11.5. The largest absolute Gasteiger partial charge is 0.489 e. The molecule has 0 radical (unpaired) electrons. The van der Waals surface area contributed by atoms with Crippen molar-refractivity contribution in [2.24, 2.45) is 7.05 Å².